The highest BCUT2D eigenvalue weighted by Crippen LogP contribution is 2.40. The van der Waals surface area contributed by atoms with Crippen LogP contribution < -0.4 is 5.73 Å². The van der Waals surface area contributed by atoms with Crippen molar-refractivity contribution in [2.75, 3.05) is 13.1 Å². The van der Waals surface area contributed by atoms with Gasteiger partial charge in [-0.05, 0) is 48.1 Å². The quantitative estimate of drug-likeness (QED) is 0.490. The molecule has 1 atom stereocenters. The molecule has 1 unspecified atom stereocenters. The van der Waals surface area contributed by atoms with Gasteiger partial charge in [0.1, 0.15) is 5.82 Å². The van der Waals surface area contributed by atoms with Crippen LogP contribution in [0.15, 0.2) is 88.6 Å². The summed E-state index contributed by atoms with van der Waals surface area (Å²) in [6, 6.07) is 16.2. The van der Waals surface area contributed by atoms with E-state index in [9.17, 15) is 4.39 Å². The number of halogens is 1. The molecule has 0 spiro atoms. The zero-order valence-electron chi connectivity index (χ0n) is 18.1. The number of nitrogens with zero attached hydrogens (tertiary/aromatic N) is 2. The van der Waals surface area contributed by atoms with Crippen molar-refractivity contribution in [1.82, 2.24) is 4.90 Å². The normalized spacial score (nSPS) is 18.5. The van der Waals surface area contributed by atoms with E-state index in [0.717, 1.165) is 50.2 Å². The van der Waals surface area contributed by atoms with Crippen molar-refractivity contribution in [2.45, 2.75) is 38.6 Å². The van der Waals surface area contributed by atoms with E-state index in [1.807, 2.05) is 12.1 Å². The first-order valence-corrected chi connectivity index (χ1v) is 11.0. The summed E-state index contributed by atoms with van der Waals surface area (Å²) < 4.78 is 14.1. The number of allylic oxidation sites excluding steroid dienone is 4. The lowest BCUT2D eigenvalue weighted by molar-refractivity contribution is 0.271. The van der Waals surface area contributed by atoms with E-state index in [4.69, 9.17) is 5.73 Å². The Labute approximate surface area is 184 Å². The zero-order chi connectivity index (χ0) is 21.6. The van der Waals surface area contributed by atoms with E-state index in [1.165, 1.54) is 23.0 Å². The van der Waals surface area contributed by atoms with Crippen LogP contribution in [-0.4, -0.2) is 24.3 Å². The standard InChI is InChI=1S/C27H30FN3/c1-20-12-13-21(16-25(20)28)17-31-15-14-26(30-19-29)24(18-31)27(22-8-4-2-5-9-22)23-10-6-3-7-11-23/h2-6,8-10,12-13,16,19,27H,7,11,14-15,17-18H2,1H3,(H2,29,30). The number of aryl methyl sites for hydroxylation is 1. The molecule has 4 rings (SSSR count). The Kier molecular flexibility index (Phi) is 6.78. The SMILES string of the molecule is Cc1ccc(CN2CCC(N=CN)=C(C(C3=CC=CCC3)c3ccccc3)C2)cc1F. The summed E-state index contributed by atoms with van der Waals surface area (Å²) in [5, 5.41) is 0. The third kappa shape index (κ3) is 5.02. The largest absolute Gasteiger partial charge is 0.390 e. The lowest BCUT2D eigenvalue weighted by atomic mass is 9.79. The third-order valence-corrected chi connectivity index (χ3v) is 6.20. The van der Waals surface area contributed by atoms with Gasteiger partial charge < -0.3 is 5.73 Å². The highest BCUT2D eigenvalue weighted by Gasteiger charge is 2.29. The molecule has 0 saturated heterocycles. The Hall–Kier alpha value is -2.98. The van der Waals surface area contributed by atoms with Gasteiger partial charge in [-0.15, -0.1) is 0 Å². The fourth-order valence-electron chi connectivity index (χ4n) is 4.61. The molecule has 160 valence electrons. The number of aliphatic imine (C=N–C) groups is 1. The van der Waals surface area contributed by atoms with E-state index in [1.54, 1.807) is 13.0 Å². The maximum atomic E-state index is 14.1. The predicted octanol–water partition coefficient (Wildman–Crippen LogP) is 5.64. The van der Waals surface area contributed by atoms with Gasteiger partial charge in [0.15, 0.2) is 0 Å². The summed E-state index contributed by atoms with van der Waals surface area (Å²) in [6.07, 6.45) is 11.0. The second-order valence-electron chi connectivity index (χ2n) is 8.35. The molecule has 2 aromatic carbocycles. The number of rotatable bonds is 6. The second-order valence-corrected chi connectivity index (χ2v) is 8.35. The second kappa shape index (κ2) is 9.88. The minimum Gasteiger partial charge on any atom is -0.390 e. The van der Waals surface area contributed by atoms with Crippen LogP contribution in [-0.2, 0) is 6.54 Å². The van der Waals surface area contributed by atoms with E-state index in [0.29, 0.717) is 5.56 Å². The van der Waals surface area contributed by atoms with Gasteiger partial charge in [0, 0.05) is 37.7 Å². The van der Waals surface area contributed by atoms with Crippen molar-refractivity contribution in [3.8, 4) is 0 Å². The van der Waals surface area contributed by atoms with Crippen LogP contribution in [0.25, 0.3) is 0 Å². The van der Waals surface area contributed by atoms with Crippen molar-refractivity contribution in [2.24, 2.45) is 10.7 Å². The number of hydrogen-bond acceptors (Lipinski definition) is 2. The number of benzene rings is 2. The Morgan fingerprint density at radius 1 is 1.16 bits per heavy atom. The highest BCUT2D eigenvalue weighted by molar-refractivity contribution is 5.55. The minimum atomic E-state index is -0.139. The average Bonchev–Trinajstić information content (AvgIpc) is 2.80. The Morgan fingerprint density at radius 3 is 2.71 bits per heavy atom. The van der Waals surface area contributed by atoms with Crippen molar-refractivity contribution in [3.63, 3.8) is 0 Å². The first-order valence-electron chi connectivity index (χ1n) is 11.0. The van der Waals surface area contributed by atoms with Crippen LogP contribution in [0.5, 0.6) is 0 Å². The highest BCUT2D eigenvalue weighted by atomic mass is 19.1. The molecular weight excluding hydrogens is 385 g/mol. The molecule has 0 aromatic heterocycles. The lowest BCUT2D eigenvalue weighted by Crippen LogP contribution is -2.33. The summed E-state index contributed by atoms with van der Waals surface area (Å²) in [4.78, 5) is 6.97. The van der Waals surface area contributed by atoms with E-state index in [2.05, 4.69) is 58.5 Å². The Morgan fingerprint density at radius 2 is 2.00 bits per heavy atom. The summed E-state index contributed by atoms with van der Waals surface area (Å²) in [5.74, 6) is 0.0439. The first-order chi connectivity index (χ1) is 15.2. The molecule has 0 amide bonds. The molecule has 4 heteroatoms. The van der Waals surface area contributed by atoms with Crippen LogP contribution in [0.4, 0.5) is 4.39 Å². The van der Waals surface area contributed by atoms with E-state index >= 15 is 0 Å². The molecule has 1 aliphatic carbocycles. The molecule has 31 heavy (non-hydrogen) atoms. The monoisotopic (exact) mass is 415 g/mol. The van der Waals surface area contributed by atoms with Gasteiger partial charge in [0.25, 0.3) is 0 Å². The van der Waals surface area contributed by atoms with Crippen LogP contribution >= 0.6 is 0 Å². The van der Waals surface area contributed by atoms with Crippen LogP contribution in [0, 0.1) is 12.7 Å². The Balaban J connectivity index is 1.69. The topological polar surface area (TPSA) is 41.6 Å². The fourth-order valence-corrected chi connectivity index (χ4v) is 4.61. The molecule has 0 radical (unpaired) electrons. The van der Waals surface area contributed by atoms with Gasteiger partial charge in [-0.25, -0.2) is 9.38 Å². The maximum Gasteiger partial charge on any atom is 0.126 e. The fraction of sp³-hybridized carbons (Fsp3) is 0.296. The van der Waals surface area contributed by atoms with Gasteiger partial charge in [0.2, 0.25) is 0 Å². The molecule has 3 nitrogen and oxygen atoms in total. The van der Waals surface area contributed by atoms with Crippen molar-refractivity contribution >= 4 is 6.34 Å². The summed E-state index contributed by atoms with van der Waals surface area (Å²) in [7, 11) is 0. The van der Waals surface area contributed by atoms with Gasteiger partial charge in [-0.3, -0.25) is 4.90 Å². The molecule has 0 bridgehead atoms. The molecule has 0 fully saturated rings. The smallest absolute Gasteiger partial charge is 0.126 e. The first kappa shape index (κ1) is 21.3. The number of hydrogen-bond donors (Lipinski definition) is 1. The molecular formula is C27H30FN3. The van der Waals surface area contributed by atoms with Crippen LogP contribution in [0.3, 0.4) is 0 Å². The van der Waals surface area contributed by atoms with Crippen molar-refractivity contribution in [3.05, 3.63) is 106 Å². The van der Waals surface area contributed by atoms with E-state index in [-0.39, 0.29) is 11.7 Å². The maximum absolute atomic E-state index is 14.1. The van der Waals surface area contributed by atoms with Gasteiger partial charge in [-0.1, -0.05) is 66.3 Å². The number of nitrogens with two attached hydrogens (primary N) is 1. The van der Waals surface area contributed by atoms with Gasteiger partial charge >= 0.3 is 0 Å². The molecule has 1 aliphatic heterocycles. The Bertz CT molecular complexity index is 1030. The molecule has 1 heterocycles. The van der Waals surface area contributed by atoms with Gasteiger partial charge in [0.05, 0.1) is 6.34 Å². The lowest BCUT2D eigenvalue weighted by Gasteiger charge is -2.35. The van der Waals surface area contributed by atoms with Crippen molar-refractivity contribution in [1.29, 1.82) is 0 Å². The molecule has 2 N–H and O–H groups in total. The molecule has 2 aromatic rings. The summed E-state index contributed by atoms with van der Waals surface area (Å²) in [5.41, 5.74) is 12.5. The average molecular weight is 416 g/mol. The van der Waals surface area contributed by atoms with Crippen molar-refractivity contribution < 1.29 is 4.39 Å². The molecule has 2 aliphatic rings. The summed E-state index contributed by atoms with van der Waals surface area (Å²) in [6.45, 7) is 4.20. The predicted molar refractivity (Wildman–Crippen MR) is 126 cm³/mol. The molecule has 0 saturated carbocycles. The van der Waals surface area contributed by atoms with Crippen LogP contribution in [0.1, 0.15) is 41.9 Å². The van der Waals surface area contributed by atoms with Crippen LogP contribution in [0.2, 0.25) is 0 Å². The summed E-state index contributed by atoms with van der Waals surface area (Å²) >= 11 is 0. The third-order valence-electron chi connectivity index (χ3n) is 6.20. The van der Waals surface area contributed by atoms with E-state index < -0.39 is 0 Å². The minimum absolute atomic E-state index is 0.139. The zero-order valence-corrected chi connectivity index (χ0v) is 18.1. The van der Waals surface area contributed by atoms with Gasteiger partial charge in [-0.2, -0.15) is 0 Å².